The Bertz CT molecular complexity index is 293. The Kier molecular flexibility index (Phi) is 3.36. The summed E-state index contributed by atoms with van der Waals surface area (Å²) in [6.45, 7) is 13.3. The van der Waals surface area contributed by atoms with Crippen molar-refractivity contribution in [2.75, 3.05) is 12.8 Å². The van der Waals surface area contributed by atoms with Crippen molar-refractivity contribution < 1.29 is 0 Å². The minimum absolute atomic E-state index is 0.355. The predicted octanol–water partition coefficient (Wildman–Crippen LogP) is 3.93. The van der Waals surface area contributed by atoms with Crippen molar-refractivity contribution in [2.45, 2.75) is 64.7 Å². The summed E-state index contributed by atoms with van der Waals surface area (Å²) in [6, 6.07) is 0.708. The molecule has 0 radical (unpaired) electrons. The second-order valence-corrected chi connectivity index (χ2v) is 9.21. The molecule has 2 heteroatoms. The minimum atomic E-state index is 0.355. The number of hydrogen-bond donors (Lipinski definition) is 1. The summed E-state index contributed by atoms with van der Waals surface area (Å²) in [5.41, 5.74) is 1.05. The Labute approximate surface area is 112 Å². The summed E-state index contributed by atoms with van der Waals surface area (Å²) in [5.74, 6) is 0.947. The Morgan fingerprint density at radius 3 is 2.41 bits per heavy atom. The fourth-order valence-corrected chi connectivity index (χ4v) is 4.46. The summed E-state index contributed by atoms with van der Waals surface area (Å²) in [6.07, 6.45) is 6.54. The van der Waals surface area contributed by atoms with Gasteiger partial charge in [0.25, 0.3) is 0 Å². The minimum Gasteiger partial charge on any atom is -0.312 e. The highest BCUT2D eigenvalue weighted by molar-refractivity contribution is 7.99. The Hall–Kier alpha value is 0.310. The van der Waals surface area contributed by atoms with Crippen molar-refractivity contribution in [1.29, 1.82) is 0 Å². The predicted molar refractivity (Wildman–Crippen MR) is 78.6 cm³/mol. The molecule has 0 saturated heterocycles. The maximum Gasteiger partial charge on any atom is 0.0225 e. The van der Waals surface area contributed by atoms with Crippen LogP contribution in [-0.4, -0.2) is 23.6 Å². The first-order valence-corrected chi connectivity index (χ1v) is 8.22. The molecule has 3 unspecified atom stereocenters. The molecule has 1 N–H and O–H groups in total. The number of rotatable bonds is 4. The van der Waals surface area contributed by atoms with Crippen LogP contribution in [0.1, 0.15) is 53.9 Å². The Morgan fingerprint density at radius 2 is 1.94 bits per heavy atom. The van der Waals surface area contributed by atoms with Gasteiger partial charge >= 0.3 is 0 Å². The number of thioether (sulfide) groups is 1. The van der Waals surface area contributed by atoms with Crippen molar-refractivity contribution in [3.05, 3.63) is 0 Å². The van der Waals surface area contributed by atoms with Gasteiger partial charge in [-0.05, 0) is 56.1 Å². The highest BCUT2D eigenvalue weighted by Crippen LogP contribution is 2.62. The van der Waals surface area contributed by atoms with Crippen molar-refractivity contribution >= 4 is 11.8 Å². The van der Waals surface area contributed by atoms with Gasteiger partial charge < -0.3 is 5.32 Å². The molecule has 0 spiro atoms. The molecule has 2 aliphatic carbocycles. The molecule has 1 nitrogen and oxygen atoms in total. The summed E-state index contributed by atoms with van der Waals surface area (Å²) >= 11 is 1.97. The summed E-state index contributed by atoms with van der Waals surface area (Å²) in [7, 11) is 0. The van der Waals surface area contributed by atoms with Crippen LogP contribution in [0.2, 0.25) is 0 Å². The summed E-state index contributed by atoms with van der Waals surface area (Å²) < 4.78 is 0.355. The van der Waals surface area contributed by atoms with Gasteiger partial charge in [0.2, 0.25) is 0 Å². The maximum atomic E-state index is 3.91. The van der Waals surface area contributed by atoms with E-state index in [4.69, 9.17) is 0 Å². The van der Waals surface area contributed by atoms with E-state index < -0.39 is 0 Å². The quantitative estimate of drug-likeness (QED) is 0.817. The molecular formula is C15H29NS. The number of hydrogen-bond acceptors (Lipinski definition) is 2. The molecule has 2 aliphatic rings. The highest BCUT2D eigenvalue weighted by Gasteiger charge is 2.59. The van der Waals surface area contributed by atoms with Crippen LogP contribution in [0.4, 0.5) is 0 Å². The third-order valence-corrected chi connectivity index (χ3v) is 6.80. The van der Waals surface area contributed by atoms with E-state index in [0.717, 1.165) is 12.5 Å². The van der Waals surface area contributed by atoms with Crippen LogP contribution in [0.5, 0.6) is 0 Å². The molecule has 2 rings (SSSR count). The lowest BCUT2D eigenvalue weighted by Crippen LogP contribution is -2.53. The van der Waals surface area contributed by atoms with Gasteiger partial charge in [0.15, 0.2) is 0 Å². The fourth-order valence-electron chi connectivity index (χ4n) is 4.23. The fraction of sp³-hybridized carbons (Fsp3) is 1.00. The molecule has 0 aliphatic heterocycles. The first-order chi connectivity index (χ1) is 7.71. The number of nitrogens with one attached hydrogen (secondary N) is 1. The van der Waals surface area contributed by atoms with E-state index in [1.807, 2.05) is 11.8 Å². The average Bonchev–Trinajstić information content (AvgIpc) is 2.68. The SMILES string of the molecule is CSC(C)(C)CNC1C2(C)CCC(C2)C1(C)C. The van der Waals surface area contributed by atoms with Crippen LogP contribution in [0.3, 0.4) is 0 Å². The Balaban J connectivity index is 2.05. The van der Waals surface area contributed by atoms with E-state index in [0.29, 0.717) is 21.6 Å². The molecule has 2 fully saturated rings. The zero-order valence-electron chi connectivity index (χ0n) is 12.4. The molecule has 17 heavy (non-hydrogen) atoms. The lowest BCUT2D eigenvalue weighted by Gasteiger charge is -2.44. The lowest BCUT2D eigenvalue weighted by molar-refractivity contribution is 0.108. The first kappa shape index (κ1) is 13.7. The molecular weight excluding hydrogens is 226 g/mol. The van der Waals surface area contributed by atoms with E-state index in [9.17, 15) is 0 Å². The second kappa shape index (κ2) is 4.16. The van der Waals surface area contributed by atoms with E-state index in [-0.39, 0.29) is 0 Å². The standard InChI is InChI=1S/C15H29NS/c1-13(2,17-6)10-16-12-14(3,4)11-7-8-15(12,5)9-11/h11-12,16H,7-10H2,1-6H3. The van der Waals surface area contributed by atoms with E-state index in [1.54, 1.807) is 0 Å². The van der Waals surface area contributed by atoms with E-state index in [2.05, 4.69) is 46.2 Å². The second-order valence-electron chi connectivity index (χ2n) is 7.69. The van der Waals surface area contributed by atoms with Gasteiger partial charge in [-0.3, -0.25) is 0 Å². The summed E-state index contributed by atoms with van der Waals surface area (Å²) in [5, 5.41) is 3.91. The average molecular weight is 255 g/mol. The van der Waals surface area contributed by atoms with Gasteiger partial charge in [-0.1, -0.05) is 20.8 Å². The van der Waals surface area contributed by atoms with Gasteiger partial charge in [0.05, 0.1) is 0 Å². The highest BCUT2D eigenvalue weighted by atomic mass is 32.2. The molecule has 3 atom stereocenters. The molecule has 0 aromatic rings. The number of fused-ring (bicyclic) bond motifs is 2. The maximum absolute atomic E-state index is 3.91. The van der Waals surface area contributed by atoms with Gasteiger partial charge in [-0.2, -0.15) is 11.8 Å². The first-order valence-electron chi connectivity index (χ1n) is 7.00. The van der Waals surface area contributed by atoms with Crippen molar-refractivity contribution in [2.24, 2.45) is 16.7 Å². The zero-order valence-corrected chi connectivity index (χ0v) is 13.2. The normalized spacial score (nSPS) is 39.9. The molecule has 0 aromatic carbocycles. The molecule has 0 heterocycles. The van der Waals surface area contributed by atoms with Crippen molar-refractivity contribution in [3.63, 3.8) is 0 Å². The lowest BCUT2D eigenvalue weighted by atomic mass is 9.68. The molecule has 2 bridgehead atoms. The van der Waals surface area contributed by atoms with Crippen LogP contribution >= 0.6 is 11.8 Å². The molecule has 100 valence electrons. The van der Waals surface area contributed by atoms with Crippen LogP contribution in [0.25, 0.3) is 0 Å². The van der Waals surface area contributed by atoms with Crippen LogP contribution < -0.4 is 5.32 Å². The van der Waals surface area contributed by atoms with Crippen molar-refractivity contribution in [1.82, 2.24) is 5.32 Å². The van der Waals surface area contributed by atoms with Gasteiger partial charge in [-0.25, -0.2) is 0 Å². The van der Waals surface area contributed by atoms with Crippen molar-refractivity contribution in [3.8, 4) is 0 Å². The van der Waals surface area contributed by atoms with Gasteiger partial charge in [0, 0.05) is 17.3 Å². The molecule has 2 saturated carbocycles. The zero-order chi connectivity index (χ0) is 12.9. The summed E-state index contributed by atoms with van der Waals surface area (Å²) in [4.78, 5) is 0. The van der Waals surface area contributed by atoms with Crippen LogP contribution in [0.15, 0.2) is 0 Å². The monoisotopic (exact) mass is 255 g/mol. The van der Waals surface area contributed by atoms with E-state index in [1.165, 1.54) is 19.3 Å². The van der Waals surface area contributed by atoms with Gasteiger partial charge in [0.1, 0.15) is 0 Å². The topological polar surface area (TPSA) is 12.0 Å². The molecule has 0 aromatic heterocycles. The van der Waals surface area contributed by atoms with Crippen LogP contribution in [0, 0.1) is 16.7 Å². The van der Waals surface area contributed by atoms with Gasteiger partial charge in [-0.15, -0.1) is 0 Å². The van der Waals surface area contributed by atoms with E-state index >= 15 is 0 Å². The third-order valence-electron chi connectivity index (χ3n) is 5.55. The molecule has 0 amide bonds. The largest absolute Gasteiger partial charge is 0.312 e. The smallest absolute Gasteiger partial charge is 0.0225 e. The Morgan fingerprint density at radius 1 is 1.29 bits per heavy atom. The third kappa shape index (κ3) is 2.28. The van der Waals surface area contributed by atoms with Crippen LogP contribution in [-0.2, 0) is 0 Å².